The molecule has 1 aromatic heterocycles. The van der Waals surface area contributed by atoms with Crippen LogP contribution >= 0.6 is 0 Å². The summed E-state index contributed by atoms with van der Waals surface area (Å²) in [7, 11) is 0. The molecule has 0 spiro atoms. The second kappa shape index (κ2) is 7.29. The highest BCUT2D eigenvalue weighted by Crippen LogP contribution is 2.39. The monoisotopic (exact) mass is 410 g/mol. The molecule has 0 saturated heterocycles. The molecule has 1 unspecified atom stereocenters. The smallest absolute Gasteiger partial charge is 0.275 e. The molecule has 2 aromatic carbocycles. The third-order valence-electron chi connectivity index (χ3n) is 5.91. The van der Waals surface area contributed by atoms with Gasteiger partial charge in [0, 0.05) is 42.0 Å². The summed E-state index contributed by atoms with van der Waals surface area (Å²) in [5, 5.41) is 0.949. The number of nitrogens with two attached hydrogens (primary N) is 2. The van der Waals surface area contributed by atoms with Gasteiger partial charge < -0.3 is 16.4 Å². The van der Waals surface area contributed by atoms with E-state index < -0.39 is 17.5 Å². The van der Waals surface area contributed by atoms with Crippen LogP contribution in [-0.2, 0) is 12.5 Å². The molecule has 0 bridgehead atoms. The van der Waals surface area contributed by atoms with E-state index in [0.29, 0.717) is 17.9 Å². The minimum atomic E-state index is -2.86. The number of fused-ring (bicyclic) bond motifs is 2. The molecule has 0 fully saturated rings. The van der Waals surface area contributed by atoms with E-state index in [1.165, 1.54) is 6.07 Å². The molecule has 6 heteroatoms. The number of hydrogen-bond acceptors (Lipinski definition) is 4. The van der Waals surface area contributed by atoms with E-state index in [-0.39, 0.29) is 18.5 Å². The van der Waals surface area contributed by atoms with Crippen LogP contribution in [-0.4, -0.2) is 17.1 Å². The van der Waals surface area contributed by atoms with Gasteiger partial charge in [-0.05, 0) is 50.1 Å². The number of pyridine rings is 1. The fourth-order valence-electron chi connectivity index (χ4n) is 4.08. The lowest BCUT2D eigenvalue weighted by atomic mass is 9.88. The highest BCUT2D eigenvalue weighted by atomic mass is 19.3. The fraction of sp³-hybridized carbons (Fsp3) is 0.375. The molecule has 1 aliphatic rings. The Morgan fingerprint density at radius 3 is 2.60 bits per heavy atom. The summed E-state index contributed by atoms with van der Waals surface area (Å²) in [4.78, 5) is 6.73. The highest BCUT2D eigenvalue weighted by molar-refractivity contribution is 5.85. The second-order valence-corrected chi connectivity index (χ2v) is 8.92. The number of aromatic nitrogens is 1. The van der Waals surface area contributed by atoms with Crippen LogP contribution in [0.2, 0.25) is 0 Å². The third kappa shape index (κ3) is 3.77. The first-order valence-electron chi connectivity index (χ1n) is 10.2. The molecule has 1 aliphatic heterocycles. The normalized spacial score (nSPS) is 17.5. The summed E-state index contributed by atoms with van der Waals surface area (Å²) in [5.74, 6) is -2.22. The van der Waals surface area contributed by atoms with Crippen LogP contribution in [0.4, 0.5) is 14.6 Å². The Morgan fingerprint density at radius 2 is 1.87 bits per heavy atom. The van der Waals surface area contributed by atoms with Crippen molar-refractivity contribution in [2.24, 2.45) is 11.5 Å². The van der Waals surface area contributed by atoms with Gasteiger partial charge in [-0.25, -0.2) is 13.8 Å². The van der Waals surface area contributed by atoms with Gasteiger partial charge in [0.1, 0.15) is 5.82 Å². The molecule has 0 amide bonds. The Morgan fingerprint density at radius 1 is 1.13 bits per heavy atom. The van der Waals surface area contributed by atoms with E-state index in [1.807, 2.05) is 43.9 Å². The van der Waals surface area contributed by atoms with Crippen molar-refractivity contribution >= 4 is 16.7 Å². The number of nitrogens with zero attached hydrogens (tertiary/aromatic N) is 2. The minimum Gasteiger partial charge on any atom is -0.352 e. The zero-order valence-corrected chi connectivity index (χ0v) is 17.6. The molecule has 0 saturated carbocycles. The molecule has 4 N–H and O–H groups in total. The highest BCUT2D eigenvalue weighted by Gasteiger charge is 2.37. The van der Waals surface area contributed by atoms with Crippen molar-refractivity contribution in [2.45, 2.75) is 51.2 Å². The van der Waals surface area contributed by atoms with Gasteiger partial charge in [0.15, 0.2) is 0 Å². The Bertz CT molecular complexity index is 1090. The standard InChI is InChI=1S/C24H28F2N4/c1-15-8-9-20-17(12-15)18(22(27)23(2,3)28)13-21(29-20)30-11-10-24(25,26)19-7-5-4-6-16(19)14-30/h4-9,12-13,22H,10-11,14,27-28H2,1-3H3. The van der Waals surface area contributed by atoms with E-state index in [9.17, 15) is 8.78 Å². The first kappa shape index (κ1) is 20.7. The molecular weight excluding hydrogens is 382 g/mol. The number of alkyl halides is 2. The third-order valence-corrected chi connectivity index (χ3v) is 5.91. The van der Waals surface area contributed by atoms with Crippen molar-refractivity contribution in [3.05, 3.63) is 70.8 Å². The van der Waals surface area contributed by atoms with Crippen LogP contribution in [0.5, 0.6) is 0 Å². The number of anilines is 1. The maximum atomic E-state index is 14.7. The molecule has 4 nitrogen and oxygen atoms in total. The summed E-state index contributed by atoms with van der Waals surface area (Å²) in [6.45, 7) is 6.37. The van der Waals surface area contributed by atoms with Crippen LogP contribution in [0.25, 0.3) is 10.9 Å². The van der Waals surface area contributed by atoms with Gasteiger partial charge in [0.2, 0.25) is 0 Å². The van der Waals surface area contributed by atoms with E-state index in [2.05, 4.69) is 6.07 Å². The molecule has 30 heavy (non-hydrogen) atoms. The lowest BCUT2D eigenvalue weighted by molar-refractivity contribution is -0.00967. The quantitative estimate of drug-likeness (QED) is 0.652. The maximum Gasteiger partial charge on any atom is 0.275 e. The lowest BCUT2D eigenvalue weighted by Gasteiger charge is -2.30. The van der Waals surface area contributed by atoms with Gasteiger partial charge in [0.05, 0.1) is 5.52 Å². The predicted octanol–water partition coefficient (Wildman–Crippen LogP) is 4.78. The number of halogens is 2. The van der Waals surface area contributed by atoms with Crippen LogP contribution < -0.4 is 16.4 Å². The molecule has 2 heterocycles. The molecule has 1 atom stereocenters. The van der Waals surface area contributed by atoms with Crippen LogP contribution in [0.15, 0.2) is 48.5 Å². The van der Waals surface area contributed by atoms with Crippen molar-refractivity contribution in [1.29, 1.82) is 0 Å². The maximum absolute atomic E-state index is 14.7. The topological polar surface area (TPSA) is 68.2 Å². The Kier molecular flexibility index (Phi) is 5.03. The van der Waals surface area contributed by atoms with Gasteiger partial charge in [-0.15, -0.1) is 0 Å². The summed E-state index contributed by atoms with van der Waals surface area (Å²) in [5.41, 5.74) is 15.7. The number of benzene rings is 2. The summed E-state index contributed by atoms with van der Waals surface area (Å²) in [6, 6.07) is 14.3. The zero-order valence-electron chi connectivity index (χ0n) is 17.6. The minimum absolute atomic E-state index is 0.101. The van der Waals surface area contributed by atoms with Gasteiger partial charge in [-0.3, -0.25) is 0 Å². The van der Waals surface area contributed by atoms with E-state index in [1.54, 1.807) is 18.2 Å². The predicted molar refractivity (Wildman–Crippen MR) is 118 cm³/mol. The van der Waals surface area contributed by atoms with Crippen LogP contribution in [0.1, 0.15) is 48.6 Å². The molecule has 4 rings (SSSR count). The Labute approximate surface area is 175 Å². The second-order valence-electron chi connectivity index (χ2n) is 8.92. The lowest BCUT2D eigenvalue weighted by Crippen LogP contribution is -2.44. The molecule has 158 valence electrons. The van der Waals surface area contributed by atoms with Gasteiger partial charge in [0.25, 0.3) is 5.92 Å². The first-order chi connectivity index (χ1) is 14.1. The number of hydrogen-bond donors (Lipinski definition) is 2. The van der Waals surface area contributed by atoms with Crippen molar-refractivity contribution in [2.75, 3.05) is 11.4 Å². The van der Waals surface area contributed by atoms with Crippen LogP contribution in [0.3, 0.4) is 0 Å². The molecule has 0 radical (unpaired) electrons. The van der Waals surface area contributed by atoms with Gasteiger partial charge >= 0.3 is 0 Å². The summed E-state index contributed by atoms with van der Waals surface area (Å²) >= 11 is 0. The summed E-state index contributed by atoms with van der Waals surface area (Å²) < 4.78 is 29.4. The number of aryl methyl sites for hydroxylation is 1. The molecule has 3 aromatic rings. The average Bonchev–Trinajstić information content (AvgIpc) is 2.82. The van der Waals surface area contributed by atoms with Crippen molar-refractivity contribution in [1.82, 2.24) is 4.98 Å². The number of rotatable bonds is 3. The van der Waals surface area contributed by atoms with E-state index in [0.717, 1.165) is 22.0 Å². The molecule has 0 aliphatic carbocycles. The van der Waals surface area contributed by atoms with Crippen molar-refractivity contribution in [3.63, 3.8) is 0 Å². The summed E-state index contributed by atoms with van der Waals surface area (Å²) in [6.07, 6.45) is -0.263. The zero-order chi connectivity index (χ0) is 21.7. The largest absolute Gasteiger partial charge is 0.352 e. The van der Waals surface area contributed by atoms with E-state index in [4.69, 9.17) is 16.5 Å². The van der Waals surface area contributed by atoms with Gasteiger partial charge in [-0.1, -0.05) is 35.9 Å². The first-order valence-corrected chi connectivity index (χ1v) is 10.2. The van der Waals surface area contributed by atoms with Crippen molar-refractivity contribution in [3.8, 4) is 0 Å². The average molecular weight is 411 g/mol. The SMILES string of the molecule is Cc1ccc2nc(N3CCC(F)(F)c4ccccc4C3)cc(C(N)C(C)(C)N)c2c1. The molecular formula is C24H28F2N4. The van der Waals surface area contributed by atoms with Gasteiger partial charge in [-0.2, -0.15) is 0 Å². The Hall–Kier alpha value is -2.57. The Balaban J connectivity index is 1.85. The van der Waals surface area contributed by atoms with Crippen molar-refractivity contribution < 1.29 is 8.78 Å². The fourth-order valence-corrected chi connectivity index (χ4v) is 4.08. The van der Waals surface area contributed by atoms with Crippen LogP contribution in [0, 0.1) is 6.92 Å². The van der Waals surface area contributed by atoms with E-state index >= 15 is 0 Å².